The first kappa shape index (κ1) is 28.2. The minimum absolute atomic E-state index is 0.0311. The molecule has 4 unspecified atom stereocenters. The van der Waals surface area contributed by atoms with E-state index in [1.807, 2.05) is 42.2 Å². The van der Waals surface area contributed by atoms with Gasteiger partial charge < -0.3 is 19.6 Å². The van der Waals surface area contributed by atoms with Crippen LogP contribution in [0, 0.1) is 11.8 Å². The molecular weight excluding hydrogens is 556 g/mol. The number of aliphatic hydroxyl groups is 1. The van der Waals surface area contributed by atoms with Crippen LogP contribution in [0.1, 0.15) is 51.6 Å². The molecule has 0 aromatic heterocycles. The lowest BCUT2D eigenvalue weighted by Crippen LogP contribution is -2.57. The summed E-state index contributed by atoms with van der Waals surface area (Å²) in [4.78, 5) is 45.5. The van der Waals surface area contributed by atoms with E-state index in [4.69, 9.17) is 4.74 Å². The van der Waals surface area contributed by atoms with E-state index in [9.17, 15) is 19.5 Å². The van der Waals surface area contributed by atoms with Gasteiger partial charge in [0.05, 0.1) is 35.8 Å². The topological polar surface area (TPSA) is 87.2 Å². The second-order valence-electron chi connectivity index (χ2n) is 10.2. The summed E-state index contributed by atoms with van der Waals surface area (Å²) in [5.74, 6) is -2.13. The molecule has 1 spiro atoms. The molecule has 3 aliphatic rings. The zero-order chi connectivity index (χ0) is 26.9. The molecule has 0 radical (unpaired) electrons. The Labute approximate surface area is 232 Å². The van der Waals surface area contributed by atoms with E-state index in [-0.39, 0.29) is 47.1 Å². The van der Waals surface area contributed by atoms with Crippen molar-refractivity contribution in [3.8, 4) is 0 Å². The number of esters is 1. The van der Waals surface area contributed by atoms with E-state index in [2.05, 4.69) is 29.4 Å². The molecule has 0 saturated carbocycles. The number of halogens is 1. The molecule has 4 rings (SSSR count). The van der Waals surface area contributed by atoms with E-state index >= 15 is 0 Å². The number of carbonyl (C=O) groups excluding carboxylic acids is 3. The standard InChI is InChI=1S/C28H37BrN2O5S/c1-5-11-17(4)30(14-6-2)26(34)24-28-15-19(29)23(37-28)21(27(35)36-7-3)22(28)25(33)31(24)20(16-32)18-12-9-8-10-13-18/h6,8-10,12-13,17,19-24,32H,2,5,7,11,14-16H2,1,3-4H3/t17?,19?,20-,21+,22+,23+,24?,28?/m1/s1. The van der Waals surface area contributed by atoms with Crippen molar-refractivity contribution >= 4 is 45.5 Å². The third-order valence-electron chi connectivity index (χ3n) is 8.06. The lowest BCUT2D eigenvalue weighted by Gasteiger charge is -2.41. The quantitative estimate of drug-likeness (QED) is 0.238. The van der Waals surface area contributed by atoms with Crippen LogP contribution in [0.2, 0.25) is 0 Å². The van der Waals surface area contributed by atoms with E-state index in [1.54, 1.807) is 29.7 Å². The van der Waals surface area contributed by atoms with Crippen LogP contribution in [0.25, 0.3) is 0 Å². The first-order valence-electron chi connectivity index (χ1n) is 13.1. The molecule has 37 heavy (non-hydrogen) atoms. The zero-order valence-corrected chi connectivity index (χ0v) is 24.1. The summed E-state index contributed by atoms with van der Waals surface area (Å²) in [7, 11) is 0. The van der Waals surface area contributed by atoms with Crippen molar-refractivity contribution in [1.82, 2.24) is 9.80 Å². The van der Waals surface area contributed by atoms with Crippen LogP contribution >= 0.6 is 27.7 Å². The molecule has 1 N–H and O–H groups in total. The van der Waals surface area contributed by atoms with Crippen LogP contribution in [-0.4, -0.2) is 79.4 Å². The average molecular weight is 594 g/mol. The fraction of sp³-hybridized carbons (Fsp3) is 0.607. The second-order valence-corrected chi connectivity index (χ2v) is 12.9. The smallest absolute Gasteiger partial charge is 0.310 e. The third-order valence-corrected chi connectivity index (χ3v) is 11.3. The number of alkyl halides is 1. The molecule has 1 aromatic rings. The zero-order valence-electron chi connectivity index (χ0n) is 21.7. The molecule has 202 valence electrons. The van der Waals surface area contributed by atoms with E-state index in [0.29, 0.717) is 13.0 Å². The Hall–Kier alpha value is -1.84. The Morgan fingerprint density at radius 2 is 2.05 bits per heavy atom. The van der Waals surface area contributed by atoms with Gasteiger partial charge in [-0.25, -0.2) is 0 Å². The maximum atomic E-state index is 14.6. The normalized spacial score (nSPS) is 31.6. The fourth-order valence-electron chi connectivity index (χ4n) is 6.58. The van der Waals surface area contributed by atoms with Gasteiger partial charge in [-0.2, -0.15) is 0 Å². The van der Waals surface area contributed by atoms with Gasteiger partial charge in [0.2, 0.25) is 11.8 Å². The molecule has 8 atom stereocenters. The summed E-state index contributed by atoms with van der Waals surface area (Å²) in [6.45, 7) is 10.0. The minimum Gasteiger partial charge on any atom is -0.466 e. The van der Waals surface area contributed by atoms with Gasteiger partial charge in [-0.15, -0.1) is 18.3 Å². The van der Waals surface area contributed by atoms with Crippen LogP contribution in [0.3, 0.4) is 0 Å². The number of amides is 2. The Morgan fingerprint density at radius 1 is 1.35 bits per heavy atom. The molecule has 7 nitrogen and oxygen atoms in total. The number of benzene rings is 1. The van der Waals surface area contributed by atoms with E-state index in [1.165, 1.54) is 0 Å². The van der Waals surface area contributed by atoms with Crippen LogP contribution in [0.4, 0.5) is 0 Å². The predicted octanol–water partition coefficient (Wildman–Crippen LogP) is 3.95. The van der Waals surface area contributed by atoms with Gasteiger partial charge in [-0.05, 0) is 32.3 Å². The van der Waals surface area contributed by atoms with Crippen LogP contribution in [-0.2, 0) is 19.1 Å². The summed E-state index contributed by atoms with van der Waals surface area (Å²) in [5.41, 5.74) is 0.757. The third kappa shape index (κ3) is 4.65. The van der Waals surface area contributed by atoms with Gasteiger partial charge in [0.25, 0.3) is 0 Å². The second kappa shape index (κ2) is 11.5. The summed E-state index contributed by atoms with van der Waals surface area (Å²) < 4.78 is 4.64. The highest BCUT2D eigenvalue weighted by atomic mass is 79.9. The van der Waals surface area contributed by atoms with Gasteiger partial charge in [0.15, 0.2) is 0 Å². The van der Waals surface area contributed by atoms with Gasteiger partial charge in [-0.1, -0.05) is 65.7 Å². The molecule has 2 amide bonds. The molecule has 3 aliphatic heterocycles. The molecular formula is C28H37BrN2O5S. The number of carbonyl (C=O) groups is 3. The number of fused-ring (bicyclic) bond motifs is 1. The predicted molar refractivity (Wildman–Crippen MR) is 148 cm³/mol. The molecule has 2 bridgehead atoms. The minimum atomic E-state index is -0.823. The first-order valence-corrected chi connectivity index (χ1v) is 14.9. The summed E-state index contributed by atoms with van der Waals surface area (Å²) in [6, 6.07) is 7.75. The van der Waals surface area contributed by atoms with Gasteiger partial charge in [0, 0.05) is 22.7 Å². The number of aliphatic hydroxyl groups excluding tert-OH is 1. The van der Waals surface area contributed by atoms with Crippen molar-refractivity contribution in [3.63, 3.8) is 0 Å². The molecule has 9 heteroatoms. The Kier molecular flexibility index (Phi) is 8.75. The largest absolute Gasteiger partial charge is 0.466 e. The lowest BCUT2D eigenvalue weighted by molar-refractivity contribution is -0.154. The average Bonchev–Trinajstić information content (AvgIpc) is 3.47. The lowest BCUT2D eigenvalue weighted by atomic mass is 9.71. The highest BCUT2D eigenvalue weighted by molar-refractivity contribution is 9.09. The maximum absolute atomic E-state index is 14.6. The van der Waals surface area contributed by atoms with Crippen molar-refractivity contribution in [1.29, 1.82) is 0 Å². The number of ether oxygens (including phenoxy) is 1. The molecule has 3 saturated heterocycles. The number of nitrogens with zero attached hydrogens (tertiary/aromatic N) is 2. The fourth-order valence-corrected chi connectivity index (χ4v) is 10.2. The number of thioether (sulfide) groups is 1. The number of rotatable bonds is 11. The molecule has 3 fully saturated rings. The van der Waals surface area contributed by atoms with E-state index < -0.39 is 28.7 Å². The van der Waals surface area contributed by atoms with Crippen LogP contribution < -0.4 is 0 Å². The van der Waals surface area contributed by atoms with Crippen molar-refractivity contribution in [3.05, 3.63) is 48.6 Å². The first-order chi connectivity index (χ1) is 17.8. The van der Waals surface area contributed by atoms with Crippen molar-refractivity contribution < 1.29 is 24.2 Å². The summed E-state index contributed by atoms with van der Waals surface area (Å²) >= 11 is 5.36. The SMILES string of the molecule is C=CCN(C(=O)C1N([C@H](CO)c2ccccc2)C(=O)[C@@H]2[C@H](C(=O)OCC)[C@H]3SC12CC3Br)C(C)CCC. The molecule has 3 heterocycles. The van der Waals surface area contributed by atoms with Crippen molar-refractivity contribution in [2.45, 2.75) is 73.0 Å². The van der Waals surface area contributed by atoms with Crippen LogP contribution in [0.15, 0.2) is 43.0 Å². The van der Waals surface area contributed by atoms with E-state index in [0.717, 1.165) is 18.4 Å². The number of hydrogen-bond acceptors (Lipinski definition) is 6. The Balaban J connectivity index is 1.86. The molecule has 0 aliphatic carbocycles. The number of likely N-dealkylation sites (tertiary alicyclic amines) is 1. The highest BCUT2D eigenvalue weighted by Crippen LogP contribution is 2.68. The van der Waals surface area contributed by atoms with Gasteiger partial charge in [-0.3, -0.25) is 14.4 Å². The Bertz CT molecular complexity index is 1030. The van der Waals surface area contributed by atoms with Crippen LogP contribution in [0.5, 0.6) is 0 Å². The van der Waals surface area contributed by atoms with Crippen molar-refractivity contribution in [2.24, 2.45) is 11.8 Å². The van der Waals surface area contributed by atoms with Gasteiger partial charge >= 0.3 is 5.97 Å². The van der Waals surface area contributed by atoms with Crippen molar-refractivity contribution in [2.75, 3.05) is 19.8 Å². The summed E-state index contributed by atoms with van der Waals surface area (Å²) in [6.07, 6.45) is 4.03. The molecule has 1 aromatic carbocycles. The maximum Gasteiger partial charge on any atom is 0.310 e. The monoisotopic (exact) mass is 592 g/mol. The Morgan fingerprint density at radius 3 is 2.65 bits per heavy atom. The highest BCUT2D eigenvalue weighted by Gasteiger charge is 2.76. The summed E-state index contributed by atoms with van der Waals surface area (Å²) in [5, 5.41) is 10.4. The van der Waals surface area contributed by atoms with Gasteiger partial charge in [0.1, 0.15) is 6.04 Å². The number of hydrogen-bond donors (Lipinski definition) is 1.